The number of primary amides is 1. The Hall–Kier alpha value is -1.99. The molecule has 0 aromatic heterocycles. The van der Waals surface area contributed by atoms with E-state index < -0.39 is 47.7 Å². The number of thiol groups is 1. The smallest absolute Gasteiger partial charge is 0.327 e. The topological polar surface area (TPSA) is 194 Å². The van der Waals surface area contributed by atoms with Gasteiger partial charge in [0, 0.05) is 12.2 Å². The summed E-state index contributed by atoms with van der Waals surface area (Å²) in [5.41, 5.74) is 10.3. The lowest BCUT2D eigenvalue weighted by molar-refractivity contribution is -0.141. The zero-order chi connectivity index (χ0) is 21.7. The van der Waals surface area contributed by atoms with E-state index in [0.29, 0.717) is 5.75 Å². The van der Waals surface area contributed by atoms with Gasteiger partial charge in [0.25, 0.3) is 0 Å². The van der Waals surface area contributed by atoms with Crippen molar-refractivity contribution in [1.29, 1.82) is 0 Å². The third kappa shape index (κ3) is 10.4. The quantitative estimate of drug-likeness (QED) is 0.144. The molecular weight excluding hydrogens is 410 g/mol. The Morgan fingerprint density at radius 1 is 1.00 bits per heavy atom. The maximum Gasteiger partial charge on any atom is 0.327 e. The highest BCUT2D eigenvalue weighted by atomic mass is 32.2. The van der Waals surface area contributed by atoms with Crippen LogP contribution in [0.3, 0.4) is 0 Å². The van der Waals surface area contributed by atoms with Gasteiger partial charge in [-0.25, -0.2) is 4.79 Å². The van der Waals surface area contributed by atoms with E-state index in [0.717, 1.165) is 0 Å². The van der Waals surface area contributed by atoms with Crippen molar-refractivity contribution < 1.29 is 29.1 Å². The number of rotatable bonds is 14. The molecule has 0 aliphatic carbocycles. The van der Waals surface area contributed by atoms with Crippen LogP contribution in [0.4, 0.5) is 0 Å². The summed E-state index contributed by atoms with van der Waals surface area (Å²) in [4.78, 5) is 58.6. The van der Waals surface area contributed by atoms with Crippen LogP contribution in [0.1, 0.15) is 19.3 Å². The molecule has 13 heteroatoms. The summed E-state index contributed by atoms with van der Waals surface area (Å²) >= 11 is 5.31. The van der Waals surface area contributed by atoms with E-state index >= 15 is 0 Å². The number of nitrogens with one attached hydrogen (secondary N) is 3. The first-order chi connectivity index (χ1) is 13.2. The van der Waals surface area contributed by atoms with Crippen LogP contribution in [0.2, 0.25) is 0 Å². The zero-order valence-corrected chi connectivity index (χ0v) is 17.2. The fourth-order valence-corrected chi connectivity index (χ4v) is 2.76. The molecule has 160 valence electrons. The van der Waals surface area contributed by atoms with Gasteiger partial charge in [-0.1, -0.05) is 0 Å². The van der Waals surface area contributed by atoms with E-state index in [2.05, 4.69) is 28.6 Å². The number of carbonyl (C=O) groups is 5. The largest absolute Gasteiger partial charge is 0.480 e. The number of amides is 4. The highest BCUT2D eigenvalue weighted by Gasteiger charge is 2.29. The molecule has 0 aromatic carbocycles. The molecule has 11 nitrogen and oxygen atoms in total. The highest BCUT2D eigenvalue weighted by Crippen LogP contribution is 2.05. The Morgan fingerprint density at radius 2 is 1.54 bits per heavy atom. The van der Waals surface area contributed by atoms with E-state index in [9.17, 15) is 24.0 Å². The second kappa shape index (κ2) is 14.1. The number of carboxylic acid groups (broad SMARTS) is 1. The Balaban J connectivity index is 5.23. The van der Waals surface area contributed by atoms with Crippen LogP contribution < -0.4 is 27.4 Å². The van der Waals surface area contributed by atoms with Gasteiger partial charge in [-0.3, -0.25) is 19.2 Å². The van der Waals surface area contributed by atoms with Crippen LogP contribution in [0.15, 0.2) is 0 Å². The summed E-state index contributed by atoms with van der Waals surface area (Å²) in [5.74, 6) is -3.54. The van der Waals surface area contributed by atoms with Gasteiger partial charge in [-0.15, -0.1) is 0 Å². The van der Waals surface area contributed by atoms with Gasteiger partial charge in [0.1, 0.15) is 18.1 Å². The first-order valence-corrected chi connectivity index (χ1v) is 10.4. The number of carbonyl (C=O) groups excluding carboxylic acids is 4. The van der Waals surface area contributed by atoms with Crippen molar-refractivity contribution in [3.63, 3.8) is 0 Å². The van der Waals surface area contributed by atoms with E-state index in [-0.39, 0.29) is 31.6 Å². The molecule has 3 atom stereocenters. The van der Waals surface area contributed by atoms with E-state index in [1.165, 1.54) is 11.8 Å². The van der Waals surface area contributed by atoms with E-state index in [4.69, 9.17) is 16.6 Å². The van der Waals surface area contributed by atoms with Gasteiger partial charge in [0.05, 0.1) is 6.54 Å². The van der Waals surface area contributed by atoms with Gasteiger partial charge < -0.3 is 32.5 Å². The summed E-state index contributed by atoms with van der Waals surface area (Å²) in [7, 11) is 0. The van der Waals surface area contributed by atoms with Crippen molar-refractivity contribution in [2.45, 2.75) is 37.4 Å². The highest BCUT2D eigenvalue weighted by molar-refractivity contribution is 7.98. The molecule has 8 N–H and O–H groups in total. The second-order valence-electron chi connectivity index (χ2n) is 5.75. The average molecular weight is 438 g/mol. The lowest BCUT2D eigenvalue weighted by Crippen LogP contribution is -2.56. The van der Waals surface area contributed by atoms with Gasteiger partial charge in [0.15, 0.2) is 0 Å². The molecule has 0 saturated heterocycles. The number of hydrogen-bond acceptors (Lipinski definition) is 8. The fraction of sp³-hybridized carbons (Fsp3) is 0.667. The standard InChI is InChI=1S/C15H27N5O6S2/c1-28-5-4-9(14(24)20-10(7-27)15(25)26)19-13(23)8(2-3-11(17)21)18-12(22)6-16/h8-10,27H,2-7,16H2,1H3,(H2,17,21)(H,18,22)(H,19,23)(H,20,24)(H,25,26). The monoisotopic (exact) mass is 437 g/mol. The van der Waals surface area contributed by atoms with Crippen molar-refractivity contribution >= 4 is 54.0 Å². The van der Waals surface area contributed by atoms with Gasteiger partial charge >= 0.3 is 5.97 Å². The first-order valence-electron chi connectivity index (χ1n) is 8.37. The molecule has 28 heavy (non-hydrogen) atoms. The summed E-state index contributed by atoms with van der Waals surface area (Å²) < 4.78 is 0. The number of nitrogens with two attached hydrogens (primary N) is 2. The van der Waals surface area contributed by atoms with Crippen molar-refractivity contribution in [1.82, 2.24) is 16.0 Å². The maximum absolute atomic E-state index is 12.5. The van der Waals surface area contributed by atoms with Crippen LogP contribution in [0, 0.1) is 0 Å². The molecule has 0 rings (SSSR count). The Labute approximate surface area is 172 Å². The van der Waals surface area contributed by atoms with Crippen LogP contribution in [-0.4, -0.2) is 77.1 Å². The van der Waals surface area contributed by atoms with Crippen molar-refractivity contribution in [2.24, 2.45) is 11.5 Å². The fourth-order valence-electron chi connectivity index (χ4n) is 2.04. The lowest BCUT2D eigenvalue weighted by atomic mass is 10.1. The van der Waals surface area contributed by atoms with Crippen LogP contribution in [0.25, 0.3) is 0 Å². The SMILES string of the molecule is CSCCC(NC(=O)C(CCC(N)=O)NC(=O)CN)C(=O)NC(CS)C(=O)O. The van der Waals surface area contributed by atoms with Crippen LogP contribution >= 0.6 is 24.4 Å². The Morgan fingerprint density at radius 3 is 1.96 bits per heavy atom. The Kier molecular flexibility index (Phi) is 13.1. The van der Waals surface area contributed by atoms with Crippen LogP contribution in [0.5, 0.6) is 0 Å². The minimum Gasteiger partial charge on any atom is -0.480 e. The molecule has 0 spiro atoms. The zero-order valence-electron chi connectivity index (χ0n) is 15.5. The predicted octanol–water partition coefficient (Wildman–Crippen LogP) is -2.57. The molecule has 3 unspecified atom stereocenters. The van der Waals surface area contributed by atoms with Crippen molar-refractivity contribution in [2.75, 3.05) is 24.3 Å². The molecule has 4 amide bonds. The third-order valence-corrected chi connectivity index (χ3v) is 4.57. The second-order valence-corrected chi connectivity index (χ2v) is 7.10. The molecule has 0 radical (unpaired) electrons. The van der Waals surface area contributed by atoms with Crippen molar-refractivity contribution in [3.8, 4) is 0 Å². The molecular formula is C15H27N5O6S2. The number of thioether (sulfide) groups is 1. The number of hydrogen-bond donors (Lipinski definition) is 7. The van der Waals surface area contributed by atoms with Crippen molar-refractivity contribution in [3.05, 3.63) is 0 Å². The summed E-state index contributed by atoms with van der Waals surface area (Å²) in [5, 5.41) is 16.2. The van der Waals surface area contributed by atoms with Gasteiger partial charge in [-0.05, 0) is 24.9 Å². The molecule has 0 aromatic rings. The van der Waals surface area contributed by atoms with Gasteiger partial charge in [0.2, 0.25) is 23.6 Å². The molecule has 0 fully saturated rings. The van der Waals surface area contributed by atoms with Crippen LogP contribution in [-0.2, 0) is 24.0 Å². The lowest BCUT2D eigenvalue weighted by Gasteiger charge is -2.24. The minimum absolute atomic E-state index is 0.0713. The first kappa shape index (κ1) is 26.0. The van der Waals surface area contributed by atoms with E-state index in [1.807, 2.05) is 6.26 Å². The molecule has 0 bridgehead atoms. The number of carboxylic acids is 1. The summed E-state index contributed by atoms with van der Waals surface area (Å²) in [6.07, 6.45) is 1.80. The molecule has 0 heterocycles. The minimum atomic E-state index is -1.26. The normalized spacial score (nSPS) is 13.7. The number of aliphatic carboxylic acids is 1. The van der Waals surface area contributed by atoms with Gasteiger partial charge in [-0.2, -0.15) is 24.4 Å². The Bertz CT molecular complexity index is 577. The molecule has 0 saturated carbocycles. The third-order valence-electron chi connectivity index (χ3n) is 3.56. The summed E-state index contributed by atoms with van der Waals surface area (Å²) in [6, 6.07) is -3.37. The summed E-state index contributed by atoms with van der Waals surface area (Å²) in [6.45, 7) is -0.362. The predicted molar refractivity (Wildman–Crippen MR) is 108 cm³/mol. The molecule has 0 aliphatic heterocycles. The van der Waals surface area contributed by atoms with E-state index in [1.54, 1.807) is 0 Å². The molecule has 0 aliphatic rings. The maximum atomic E-state index is 12.5. The average Bonchev–Trinajstić information content (AvgIpc) is 2.65.